The van der Waals surface area contributed by atoms with Crippen LogP contribution in [0.15, 0.2) is 25.8 Å². The summed E-state index contributed by atoms with van der Waals surface area (Å²) in [7, 11) is 0. The van der Waals surface area contributed by atoms with Gasteiger partial charge in [0.05, 0.1) is 0 Å². The number of rotatable bonds is 7. The molecule has 2 N–H and O–H groups in total. The van der Waals surface area contributed by atoms with Crippen LogP contribution < -0.4 is 10.9 Å². The summed E-state index contributed by atoms with van der Waals surface area (Å²) in [5.41, 5.74) is 2.80. The van der Waals surface area contributed by atoms with Crippen LogP contribution in [-0.4, -0.2) is 35.0 Å². The molecule has 0 spiro atoms. The lowest BCUT2D eigenvalue weighted by Crippen LogP contribution is -2.42. The SMILES string of the molecule is CSC[C@H](NC(=O)CCc1c(C)c2cc3c(C)c(C)oc3cc2oc1=O)C(=O)O. The Morgan fingerprint density at radius 3 is 2.41 bits per heavy atom. The summed E-state index contributed by atoms with van der Waals surface area (Å²) < 4.78 is 11.2. The lowest BCUT2D eigenvalue weighted by Gasteiger charge is -2.13. The zero-order valence-electron chi connectivity index (χ0n) is 16.8. The molecule has 1 aromatic carbocycles. The minimum atomic E-state index is -1.08. The van der Waals surface area contributed by atoms with Crippen molar-refractivity contribution < 1.29 is 23.5 Å². The molecule has 7 nitrogen and oxygen atoms in total. The Balaban J connectivity index is 1.88. The van der Waals surface area contributed by atoms with Crippen molar-refractivity contribution >= 4 is 45.6 Å². The molecule has 1 amide bonds. The van der Waals surface area contributed by atoms with Crippen molar-refractivity contribution in [3.05, 3.63) is 45.0 Å². The molecule has 3 aromatic rings. The van der Waals surface area contributed by atoms with Gasteiger partial charge in [-0.25, -0.2) is 9.59 Å². The summed E-state index contributed by atoms with van der Waals surface area (Å²) in [4.78, 5) is 35.9. The van der Waals surface area contributed by atoms with Crippen molar-refractivity contribution in [3.8, 4) is 0 Å². The van der Waals surface area contributed by atoms with Crippen molar-refractivity contribution in [1.29, 1.82) is 0 Å². The number of furan rings is 1. The van der Waals surface area contributed by atoms with E-state index in [2.05, 4.69) is 5.32 Å². The highest BCUT2D eigenvalue weighted by Crippen LogP contribution is 2.31. The van der Waals surface area contributed by atoms with Crippen LogP contribution in [0.25, 0.3) is 21.9 Å². The molecule has 1 atom stereocenters. The fourth-order valence-corrected chi connectivity index (χ4v) is 3.92. The first-order valence-electron chi connectivity index (χ1n) is 9.20. The lowest BCUT2D eigenvalue weighted by atomic mass is 10.0. The highest BCUT2D eigenvalue weighted by molar-refractivity contribution is 7.98. The molecule has 2 heterocycles. The van der Waals surface area contributed by atoms with Gasteiger partial charge in [0.15, 0.2) is 0 Å². The number of hydrogen-bond acceptors (Lipinski definition) is 6. The van der Waals surface area contributed by atoms with Gasteiger partial charge in [-0.15, -0.1) is 0 Å². The summed E-state index contributed by atoms with van der Waals surface area (Å²) in [6.45, 7) is 5.68. The second-order valence-corrected chi connectivity index (χ2v) is 7.95. The second-order valence-electron chi connectivity index (χ2n) is 7.03. The zero-order chi connectivity index (χ0) is 21.3. The van der Waals surface area contributed by atoms with Crippen LogP contribution in [0.5, 0.6) is 0 Å². The second kappa shape index (κ2) is 8.32. The van der Waals surface area contributed by atoms with E-state index in [0.29, 0.717) is 16.7 Å². The van der Waals surface area contributed by atoms with Crippen molar-refractivity contribution in [3.63, 3.8) is 0 Å². The molecule has 8 heteroatoms. The van der Waals surface area contributed by atoms with Crippen LogP contribution in [0, 0.1) is 20.8 Å². The Morgan fingerprint density at radius 1 is 1.10 bits per heavy atom. The summed E-state index contributed by atoms with van der Waals surface area (Å²) in [6.07, 6.45) is 1.94. The van der Waals surface area contributed by atoms with Crippen molar-refractivity contribution in [2.75, 3.05) is 12.0 Å². The van der Waals surface area contributed by atoms with E-state index in [9.17, 15) is 14.4 Å². The van der Waals surface area contributed by atoms with Gasteiger partial charge in [-0.1, -0.05) is 0 Å². The van der Waals surface area contributed by atoms with E-state index >= 15 is 0 Å². The summed E-state index contributed by atoms with van der Waals surface area (Å²) in [5.74, 6) is -0.408. The molecule has 2 aromatic heterocycles. The molecule has 0 unspecified atom stereocenters. The molecule has 0 aliphatic heterocycles. The maximum absolute atomic E-state index is 12.5. The molecule has 154 valence electrons. The van der Waals surface area contributed by atoms with Gasteiger partial charge in [-0.05, 0) is 50.6 Å². The number of aryl methyl sites for hydroxylation is 3. The molecular weight excluding hydrogens is 394 g/mol. The topological polar surface area (TPSA) is 110 Å². The molecule has 0 saturated carbocycles. The molecule has 29 heavy (non-hydrogen) atoms. The van der Waals surface area contributed by atoms with Crippen LogP contribution >= 0.6 is 11.8 Å². The van der Waals surface area contributed by atoms with E-state index in [1.54, 1.807) is 12.3 Å². The minimum Gasteiger partial charge on any atom is -0.480 e. The smallest absolute Gasteiger partial charge is 0.339 e. The molecule has 0 bridgehead atoms. The van der Waals surface area contributed by atoms with Crippen LogP contribution in [0.4, 0.5) is 0 Å². The zero-order valence-corrected chi connectivity index (χ0v) is 17.6. The number of carboxylic acid groups (broad SMARTS) is 1. The molecule has 0 fully saturated rings. The summed E-state index contributed by atoms with van der Waals surface area (Å²) >= 11 is 1.34. The van der Waals surface area contributed by atoms with Gasteiger partial charge in [0.25, 0.3) is 0 Å². The number of carbonyl (C=O) groups excluding carboxylic acids is 1. The van der Waals surface area contributed by atoms with Crippen molar-refractivity contribution in [2.24, 2.45) is 0 Å². The van der Waals surface area contributed by atoms with E-state index in [4.69, 9.17) is 13.9 Å². The Kier molecular flexibility index (Phi) is 6.02. The predicted octanol–water partition coefficient (Wildman–Crippen LogP) is 3.33. The summed E-state index contributed by atoms with van der Waals surface area (Å²) in [5, 5.41) is 13.4. The largest absolute Gasteiger partial charge is 0.480 e. The normalized spacial score (nSPS) is 12.4. The highest BCUT2D eigenvalue weighted by Gasteiger charge is 2.20. The quantitative estimate of drug-likeness (QED) is 0.567. The minimum absolute atomic E-state index is 0.00135. The average molecular weight is 417 g/mol. The number of aliphatic carboxylic acids is 1. The monoisotopic (exact) mass is 417 g/mol. The highest BCUT2D eigenvalue weighted by atomic mass is 32.2. The van der Waals surface area contributed by atoms with Crippen molar-refractivity contribution in [1.82, 2.24) is 5.32 Å². The Morgan fingerprint density at radius 2 is 1.76 bits per heavy atom. The standard InChI is InChI=1S/C21H23NO6S/c1-10-12(3)27-17-8-18-15(7-14(10)17)11(2)13(21(26)28-18)5-6-19(23)22-16(9-29-4)20(24)25/h7-8,16H,5-6,9H2,1-4H3,(H,22,23)(H,24,25)/t16-/m0/s1. The number of hydrogen-bond donors (Lipinski definition) is 2. The van der Waals surface area contributed by atoms with Crippen molar-refractivity contribution in [2.45, 2.75) is 39.7 Å². The average Bonchev–Trinajstić information content (AvgIpc) is 2.93. The molecular formula is C21H23NO6S. The number of benzene rings is 1. The van der Waals surface area contributed by atoms with Gasteiger partial charge in [0.1, 0.15) is 23.0 Å². The Hall–Kier alpha value is -2.74. The third-order valence-corrected chi connectivity index (χ3v) is 5.82. The molecule has 0 saturated heterocycles. The van der Waals surface area contributed by atoms with E-state index in [-0.39, 0.29) is 18.6 Å². The number of carboxylic acids is 1. The van der Waals surface area contributed by atoms with Gasteiger partial charge >= 0.3 is 11.6 Å². The molecule has 0 radical (unpaired) electrons. The van der Waals surface area contributed by atoms with E-state index in [1.165, 1.54) is 11.8 Å². The van der Waals surface area contributed by atoms with Crippen LogP contribution in [-0.2, 0) is 16.0 Å². The maximum Gasteiger partial charge on any atom is 0.339 e. The van der Waals surface area contributed by atoms with E-state index < -0.39 is 23.5 Å². The number of amides is 1. The van der Waals surface area contributed by atoms with E-state index in [1.807, 2.05) is 26.8 Å². The van der Waals surface area contributed by atoms with Gasteiger partial charge in [-0.3, -0.25) is 4.79 Å². The Bertz CT molecular complexity index is 1160. The number of carbonyl (C=O) groups is 2. The first-order chi connectivity index (χ1) is 13.7. The number of thioether (sulfide) groups is 1. The predicted molar refractivity (Wildman–Crippen MR) is 113 cm³/mol. The first kappa shape index (κ1) is 21.0. The van der Waals surface area contributed by atoms with E-state index in [0.717, 1.165) is 27.7 Å². The third kappa shape index (κ3) is 4.17. The molecule has 3 rings (SSSR count). The van der Waals surface area contributed by atoms with Gasteiger partial charge in [0, 0.05) is 34.6 Å². The maximum atomic E-state index is 12.5. The molecule has 0 aliphatic carbocycles. The number of fused-ring (bicyclic) bond motifs is 2. The fourth-order valence-electron chi connectivity index (χ4n) is 3.36. The van der Waals surface area contributed by atoms with Crippen LogP contribution in [0.2, 0.25) is 0 Å². The molecule has 0 aliphatic rings. The number of nitrogens with one attached hydrogen (secondary N) is 1. The van der Waals surface area contributed by atoms with Crippen LogP contribution in [0.3, 0.4) is 0 Å². The van der Waals surface area contributed by atoms with Crippen LogP contribution in [0.1, 0.15) is 28.9 Å². The van der Waals surface area contributed by atoms with Gasteiger partial charge in [-0.2, -0.15) is 11.8 Å². The lowest BCUT2D eigenvalue weighted by molar-refractivity contribution is -0.141. The van der Waals surface area contributed by atoms with Gasteiger partial charge in [0.2, 0.25) is 5.91 Å². The third-order valence-electron chi connectivity index (χ3n) is 5.15. The van der Waals surface area contributed by atoms with Gasteiger partial charge < -0.3 is 19.3 Å². The summed E-state index contributed by atoms with van der Waals surface area (Å²) in [6, 6.07) is 2.71. The fraction of sp³-hybridized carbons (Fsp3) is 0.381. The first-order valence-corrected chi connectivity index (χ1v) is 10.6. The Labute approximate surface area is 171 Å².